The summed E-state index contributed by atoms with van der Waals surface area (Å²) in [6, 6.07) is 16.0. The van der Waals surface area contributed by atoms with Gasteiger partial charge in [0.1, 0.15) is 0 Å². The number of benzene rings is 3. The van der Waals surface area contributed by atoms with Crippen molar-refractivity contribution in [2.45, 2.75) is 25.7 Å². The number of aromatic nitrogens is 2. The number of nitrogens with zero attached hydrogens (tertiary/aromatic N) is 2. The number of halogens is 3. The minimum atomic E-state index is -4.63. The van der Waals surface area contributed by atoms with Crippen LogP contribution in [-0.4, -0.2) is 29.1 Å². The van der Waals surface area contributed by atoms with Crippen molar-refractivity contribution in [1.82, 2.24) is 9.13 Å². The van der Waals surface area contributed by atoms with Crippen LogP contribution in [-0.2, 0) is 25.7 Å². The van der Waals surface area contributed by atoms with Crippen molar-refractivity contribution in [2.75, 3.05) is 14.2 Å². The van der Waals surface area contributed by atoms with E-state index in [9.17, 15) is 27.6 Å². The number of hydrogen-bond donors (Lipinski definition) is 0. The third-order valence-electron chi connectivity index (χ3n) is 6.01. The van der Waals surface area contributed by atoms with Gasteiger partial charge in [-0.15, -0.1) is 0 Å². The van der Waals surface area contributed by atoms with E-state index >= 15 is 0 Å². The van der Waals surface area contributed by atoms with Crippen LogP contribution in [0.4, 0.5) is 13.2 Å². The average molecular weight is 512 g/mol. The van der Waals surface area contributed by atoms with Crippen molar-refractivity contribution < 1.29 is 27.4 Å². The number of hydrogen-bond acceptors (Lipinski definition) is 5. The van der Waals surface area contributed by atoms with Gasteiger partial charge in [-0.25, -0.2) is 4.79 Å². The molecule has 192 valence electrons. The van der Waals surface area contributed by atoms with Gasteiger partial charge in [-0.05, 0) is 30.2 Å². The molecule has 0 saturated heterocycles. The van der Waals surface area contributed by atoms with Crippen LogP contribution >= 0.6 is 0 Å². The summed E-state index contributed by atoms with van der Waals surface area (Å²) in [7, 11) is 2.77. The average Bonchev–Trinajstić information content (AvgIpc) is 2.90. The Balaban J connectivity index is 1.85. The lowest BCUT2D eigenvalue weighted by molar-refractivity contribution is -0.137. The molecule has 0 radical (unpaired) electrons. The molecule has 0 aliphatic heterocycles. The third-order valence-corrected chi connectivity index (χ3v) is 6.01. The van der Waals surface area contributed by atoms with Gasteiger partial charge in [0.15, 0.2) is 17.3 Å². The molecule has 0 unspecified atom stereocenters. The van der Waals surface area contributed by atoms with Crippen LogP contribution in [0.2, 0.25) is 0 Å². The zero-order valence-corrected chi connectivity index (χ0v) is 20.0. The Kier molecular flexibility index (Phi) is 7.19. The summed E-state index contributed by atoms with van der Waals surface area (Å²) in [6.45, 7) is -0.554. The summed E-state index contributed by atoms with van der Waals surface area (Å²) in [6.07, 6.45) is -4.26. The zero-order valence-electron chi connectivity index (χ0n) is 20.0. The molecule has 10 heteroatoms. The van der Waals surface area contributed by atoms with Crippen molar-refractivity contribution in [3.63, 3.8) is 0 Å². The lowest BCUT2D eigenvalue weighted by atomic mass is 10.1. The summed E-state index contributed by atoms with van der Waals surface area (Å²) in [4.78, 5) is 39.9. The highest BCUT2D eigenvalue weighted by molar-refractivity contribution is 5.97. The van der Waals surface area contributed by atoms with Crippen molar-refractivity contribution in [2.24, 2.45) is 0 Å². The smallest absolute Gasteiger partial charge is 0.416 e. The van der Waals surface area contributed by atoms with Gasteiger partial charge < -0.3 is 9.47 Å². The summed E-state index contributed by atoms with van der Waals surface area (Å²) in [5.41, 5.74) is -1.54. The van der Waals surface area contributed by atoms with Crippen LogP contribution in [0, 0.1) is 0 Å². The lowest BCUT2D eigenvalue weighted by Gasteiger charge is -2.16. The summed E-state index contributed by atoms with van der Waals surface area (Å²) in [5.74, 6) is -0.259. The molecule has 0 N–H and O–H groups in total. The topological polar surface area (TPSA) is 79.5 Å². The van der Waals surface area contributed by atoms with E-state index in [0.29, 0.717) is 6.42 Å². The molecule has 4 rings (SSSR count). The maximum atomic E-state index is 13.5. The molecular weight excluding hydrogens is 489 g/mol. The van der Waals surface area contributed by atoms with E-state index < -0.39 is 35.3 Å². The Hall–Kier alpha value is -4.34. The van der Waals surface area contributed by atoms with Crippen LogP contribution in [0.3, 0.4) is 0 Å². The van der Waals surface area contributed by atoms with E-state index in [1.54, 1.807) is 0 Å². The molecule has 7 nitrogen and oxygen atoms in total. The second-order valence-corrected chi connectivity index (χ2v) is 8.29. The molecule has 1 heterocycles. The highest BCUT2D eigenvalue weighted by Crippen LogP contribution is 2.31. The minimum absolute atomic E-state index is 0.0315. The molecule has 0 aliphatic rings. The van der Waals surface area contributed by atoms with E-state index in [1.165, 1.54) is 32.4 Å². The highest BCUT2D eigenvalue weighted by Gasteiger charge is 2.31. The highest BCUT2D eigenvalue weighted by atomic mass is 19.4. The fraction of sp³-hybridized carbons (Fsp3) is 0.222. The lowest BCUT2D eigenvalue weighted by Crippen LogP contribution is -2.41. The van der Waals surface area contributed by atoms with Crippen molar-refractivity contribution in [1.29, 1.82) is 0 Å². The Morgan fingerprint density at radius 1 is 0.865 bits per heavy atom. The number of Topliss-reactive ketones (excluding diaryl/α,β-unsaturated/α-hetero) is 1. The standard InChI is InChI=1S/C27H23F3N2O5/c1-36-23-14-20-21(15-24(23)37-2)32(16-22(33)18-9-6-10-19(13-18)27(28,29)30)26(35)31(25(20)34)12-11-17-7-4-3-5-8-17/h3-10,13-15H,11-12,16H2,1-2H3. The van der Waals surface area contributed by atoms with Gasteiger partial charge in [-0.2, -0.15) is 13.2 Å². The Morgan fingerprint density at radius 2 is 1.54 bits per heavy atom. The van der Waals surface area contributed by atoms with Crippen molar-refractivity contribution in [3.8, 4) is 11.5 Å². The second-order valence-electron chi connectivity index (χ2n) is 8.29. The fourth-order valence-corrected chi connectivity index (χ4v) is 4.08. The molecule has 0 atom stereocenters. The largest absolute Gasteiger partial charge is 0.493 e. The number of methoxy groups -OCH3 is 2. The van der Waals surface area contributed by atoms with E-state index in [2.05, 4.69) is 0 Å². The maximum absolute atomic E-state index is 13.5. The number of fused-ring (bicyclic) bond motifs is 1. The van der Waals surface area contributed by atoms with Crippen LogP contribution in [0.5, 0.6) is 11.5 Å². The van der Waals surface area contributed by atoms with Gasteiger partial charge in [-0.1, -0.05) is 42.5 Å². The quantitative estimate of drug-likeness (QED) is 0.329. The first-order valence-electron chi connectivity index (χ1n) is 11.3. The summed E-state index contributed by atoms with van der Waals surface area (Å²) >= 11 is 0. The maximum Gasteiger partial charge on any atom is 0.416 e. The van der Waals surface area contributed by atoms with Crippen LogP contribution in [0.1, 0.15) is 21.5 Å². The van der Waals surface area contributed by atoms with E-state index in [4.69, 9.17) is 9.47 Å². The van der Waals surface area contributed by atoms with Crippen molar-refractivity contribution in [3.05, 3.63) is 104 Å². The molecule has 0 fully saturated rings. The normalized spacial score (nSPS) is 11.5. The van der Waals surface area contributed by atoms with Gasteiger partial charge in [0.05, 0.1) is 37.2 Å². The molecular formula is C27H23F3N2O5. The molecule has 0 aliphatic carbocycles. The predicted octanol–water partition coefficient (Wildman–Crippen LogP) is 4.32. The van der Waals surface area contributed by atoms with Gasteiger partial charge >= 0.3 is 11.9 Å². The third kappa shape index (κ3) is 5.28. The van der Waals surface area contributed by atoms with Gasteiger partial charge in [0.2, 0.25) is 0 Å². The molecule has 0 spiro atoms. The first-order chi connectivity index (χ1) is 17.6. The van der Waals surface area contributed by atoms with E-state index in [-0.39, 0.29) is 34.5 Å². The Labute approximate surface area is 209 Å². The first-order valence-corrected chi connectivity index (χ1v) is 11.3. The van der Waals surface area contributed by atoms with Crippen LogP contribution < -0.4 is 20.7 Å². The van der Waals surface area contributed by atoms with Crippen molar-refractivity contribution >= 4 is 16.7 Å². The Bertz CT molecular complexity index is 1570. The number of ether oxygens (including phenoxy) is 2. The molecule has 3 aromatic carbocycles. The monoisotopic (exact) mass is 512 g/mol. The SMILES string of the molecule is COc1cc2c(=O)n(CCc3ccccc3)c(=O)n(CC(=O)c3cccc(C(F)(F)F)c3)c2cc1OC. The number of alkyl halides is 3. The van der Waals surface area contributed by atoms with E-state index in [1.807, 2.05) is 30.3 Å². The van der Waals surface area contributed by atoms with Gasteiger partial charge in [-0.3, -0.25) is 18.7 Å². The van der Waals surface area contributed by atoms with Crippen LogP contribution in [0.15, 0.2) is 76.3 Å². The number of rotatable bonds is 8. The molecule has 0 amide bonds. The van der Waals surface area contributed by atoms with Gasteiger partial charge in [0.25, 0.3) is 5.56 Å². The molecule has 37 heavy (non-hydrogen) atoms. The fourth-order valence-electron chi connectivity index (χ4n) is 4.08. The second kappa shape index (κ2) is 10.3. The molecule has 1 aromatic heterocycles. The molecule has 4 aromatic rings. The zero-order chi connectivity index (χ0) is 26.7. The van der Waals surface area contributed by atoms with E-state index in [0.717, 1.165) is 32.9 Å². The summed E-state index contributed by atoms with van der Waals surface area (Å²) in [5, 5.41) is 0.0992. The number of carbonyl (C=O) groups is 1. The first kappa shape index (κ1) is 25.7. The molecule has 0 bridgehead atoms. The summed E-state index contributed by atoms with van der Waals surface area (Å²) < 4.78 is 52.2. The predicted molar refractivity (Wildman–Crippen MR) is 131 cm³/mol. The number of aryl methyl sites for hydroxylation is 1. The minimum Gasteiger partial charge on any atom is -0.493 e. The van der Waals surface area contributed by atoms with Crippen LogP contribution in [0.25, 0.3) is 10.9 Å². The number of ketones is 1. The van der Waals surface area contributed by atoms with Gasteiger partial charge in [0, 0.05) is 18.2 Å². The molecule has 0 saturated carbocycles. The number of carbonyl (C=O) groups excluding carboxylic acids is 1. The Morgan fingerprint density at radius 3 is 2.19 bits per heavy atom.